The summed E-state index contributed by atoms with van der Waals surface area (Å²) in [5.74, 6) is -0.0660. The molecule has 1 atom stereocenters. The molecule has 0 bridgehead atoms. The maximum absolute atomic E-state index is 12.9. The number of amides is 2. The van der Waals surface area contributed by atoms with Crippen molar-refractivity contribution in [1.82, 2.24) is 5.32 Å². The van der Waals surface area contributed by atoms with Crippen molar-refractivity contribution in [2.24, 2.45) is 5.92 Å². The lowest BCUT2D eigenvalue weighted by Gasteiger charge is -2.22. The van der Waals surface area contributed by atoms with Crippen molar-refractivity contribution in [3.63, 3.8) is 0 Å². The highest BCUT2D eigenvalue weighted by molar-refractivity contribution is 6.02. The number of ether oxygens (including phenoxy) is 1. The van der Waals surface area contributed by atoms with Crippen LogP contribution in [0.3, 0.4) is 0 Å². The van der Waals surface area contributed by atoms with Gasteiger partial charge in [-0.25, -0.2) is 0 Å². The molecule has 2 N–H and O–H groups in total. The molecule has 5 heteroatoms. The third kappa shape index (κ3) is 4.53. The molecule has 3 rings (SSSR count). The van der Waals surface area contributed by atoms with E-state index in [0.29, 0.717) is 17.9 Å². The minimum absolute atomic E-state index is 0.0577. The average Bonchev–Trinajstić information content (AvgIpc) is 3.14. The van der Waals surface area contributed by atoms with Crippen LogP contribution in [0.25, 0.3) is 0 Å². The summed E-state index contributed by atoms with van der Waals surface area (Å²) in [7, 11) is 0. The summed E-state index contributed by atoms with van der Waals surface area (Å²) in [5, 5.41) is 5.84. The van der Waals surface area contributed by atoms with Gasteiger partial charge in [0.25, 0.3) is 5.91 Å². The Balaban J connectivity index is 1.72. The van der Waals surface area contributed by atoms with Gasteiger partial charge in [0.1, 0.15) is 11.8 Å². The van der Waals surface area contributed by atoms with E-state index in [1.807, 2.05) is 39.0 Å². The van der Waals surface area contributed by atoms with Crippen LogP contribution in [-0.2, 0) is 17.6 Å². The summed E-state index contributed by atoms with van der Waals surface area (Å²) < 4.78 is 5.54. The van der Waals surface area contributed by atoms with Crippen molar-refractivity contribution in [3.8, 4) is 5.75 Å². The molecule has 0 fully saturated rings. The summed E-state index contributed by atoms with van der Waals surface area (Å²) in [6.07, 6.45) is 3.32. The molecular formula is C23H28N2O3. The Morgan fingerprint density at radius 2 is 1.82 bits per heavy atom. The second kappa shape index (κ2) is 8.91. The Bertz CT molecular complexity index is 861. The Hall–Kier alpha value is -2.82. The quantitative estimate of drug-likeness (QED) is 0.764. The number of aryl methyl sites for hydroxylation is 2. The normalized spacial score (nSPS) is 13.7. The molecule has 5 nitrogen and oxygen atoms in total. The first-order chi connectivity index (χ1) is 13.5. The van der Waals surface area contributed by atoms with Crippen LogP contribution in [0.5, 0.6) is 5.75 Å². The number of anilines is 1. The lowest BCUT2D eigenvalue weighted by atomic mass is 10.0. The molecule has 1 unspecified atom stereocenters. The Morgan fingerprint density at radius 3 is 2.57 bits per heavy atom. The highest BCUT2D eigenvalue weighted by Crippen LogP contribution is 2.25. The summed E-state index contributed by atoms with van der Waals surface area (Å²) in [6.45, 7) is 6.18. The monoisotopic (exact) mass is 380 g/mol. The van der Waals surface area contributed by atoms with Crippen molar-refractivity contribution in [3.05, 3.63) is 59.2 Å². The number of hydrogen-bond donors (Lipinski definition) is 2. The predicted octanol–water partition coefficient (Wildman–Crippen LogP) is 3.97. The lowest BCUT2D eigenvalue weighted by Crippen LogP contribution is -2.47. The second-order valence-electron chi connectivity index (χ2n) is 7.45. The van der Waals surface area contributed by atoms with Crippen LogP contribution in [0.1, 0.15) is 48.7 Å². The lowest BCUT2D eigenvalue weighted by molar-refractivity contribution is -0.118. The zero-order valence-electron chi connectivity index (χ0n) is 16.7. The van der Waals surface area contributed by atoms with Gasteiger partial charge in [-0.15, -0.1) is 0 Å². The molecule has 0 heterocycles. The number of carbonyl (C=O) groups excluding carboxylic acids is 2. The van der Waals surface area contributed by atoms with Gasteiger partial charge in [0, 0.05) is 5.69 Å². The smallest absolute Gasteiger partial charge is 0.255 e. The number of carbonyl (C=O) groups is 2. The van der Waals surface area contributed by atoms with Crippen LogP contribution in [-0.4, -0.2) is 24.5 Å². The molecule has 1 aliphatic rings. The van der Waals surface area contributed by atoms with Crippen LogP contribution < -0.4 is 15.4 Å². The standard InChI is InChI=1S/C23H28N2O3/c1-4-28-20-11-6-5-10-19(20)22(26)25-21(15(2)3)23(27)24-18-13-12-16-8-7-9-17(16)14-18/h5-6,10-15,21H,4,7-9H2,1-3H3,(H,24,27)(H,25,26). The first-order valence-corrected chi connectivity index (χ1v) is 9.95. The van der Waals surface area contributed by atoms with E-state index >= 15 is 0 Å². The molecule has 28 heavy (non-hydrogen) atoms. The van der Waals surface area contributed by atoms with Gasteiger partial charge in [-0.2, -0.15) is 0 Å². The summed E-state index contributed by atoms with van der Waals surface area (Å²) in [4.78, 5) is 25.7. The Labute approximate surface area is 166 Å². The maximum atomic E-state index is 12.9. The first kappa shape index (κ1) is 19.9. The van der Waals surface area contributed by atoms with Crippen molar-refractivity contribution in [2.75, 3.05) is 11.9 Å². The number of fused-ring (bicyclic) bond motifs is 1. The van der Waals surface area contributed by atoms with Gasteiger partial charge in [0.15, 0.2) is 0 Å². The average molecular weight is 380 g/mol. The molecule has 0 radical (unpaired) electrons. The van der Waals surface area contributed by atoms with E-state index in [1.54, 1.807) is 18.2 Å². The van der Waals surface area contributed by atoms with Crippen molar-refractivity contribution in [2.45, 2.75) is 46.1 Å². The zero-order valence-corrected chi connectivity index (χ0v) is 16.7. The van der Waals surface area contributed by atoms with E-state index in [0.717, 1.165) is 24.9 Å². The molecule has 0 aliphatic heterocycles. The highest BCUT2D eigenvalue weighted by Gasteiger charge is 2.26. The molecule has 2 aromatic rings. The van der Waals surface area contributed by atoms with E-state index in [2.05, 4.69) is 16.7 Å². The van der Waals surface area contributed by atoms with Gasteiger partial charge < -0.3 is 15.4 Å². The van der Waals surface area contributed by atoms with Crippen LogP contribution in [0, 0.1) is 5.92 Å². The fourth-order valence-corrected chi connectivity index (χ4v) is 3.56. The number of nitrogens with one attached hydrogen (secondary N) is 2. The molecule has 0 spiro atoms. The van der Waals surface area contributed by atoms with Crippen molar-refractivity contribution in [1.29, 1.82) is 0 Å². The van der Waals surface area contributed by atoms with Crippen molar-refractivity contribution >= 4 is 17.5 Å². The van der Waals surface area contributed by atoms with E-state index in [4.69, 9.17) is 4.74 Å². The van der Waals surface area contributed by atoms with Gasteiger partial charge >= 0.3 is 0 Å². The molecule has 0 saturated heterocycles. The number of para-hydroxylation sites is 1. The van der Waals surface area contributed by atoms with Crippen LogP contribution >= 0.6 is 0 Å². The van der Waals surface area contributed by atoms with Crippen LogP contribution in [0.15, 0.2) is 42.5 Å². The van der Waals surface area contributed by atoms with Crippen LogP contribution in [0.4, 0.5) is 5.69 Å². The predicted molar refractivity (Wildman–Crippen MR) is 111 cm³/mol. The van der Waals surface area contributed by atoms with Gasteiger partial charge in [0.05, 0.1) is 12.2 Å². The second-order valence-corrected chi connectivity index (χ2v) is 7.45. The largest absolute Gasteiger partial charge is 0.493 e. The first-order valence-electron chi connectivity index (χ1n) is 9.95. The summed E-state index contributed by atoms with van der Waals surface area (Å²) >= 11 is 0. The van der Waals surface area contributed by atoms with E-state index in [1.165, 1.54) is 11.1 Å². The van der Waals surface area contributed by atoms with E-state index in [-0.39, 0.29) is 17.7 Å². The molecule has 0 aromatic heterocycles. The van der Waals surface area contributed by atoms with E-state index < -0.39 is 6.04 Å². The highest BCUT2D eigenvalue weighted by atomic mass is 16.5. The number of hydrogen-bond acceptors (Lipinski definition) is 3. The van der Waals surface area contributed by atoms with Gasteiger partial charge in [0.2, 0.25) is 5.91 Å². The molecule has 0 saturated carbocycles. The molecule has 1 aliphatic carbocycles. The number of benzene rings is 2. The minimum Gasteiger partial charge on any atom is -0.493 e. The maximum Gasteiger partial charge on any atom is 0.255 e. The molecule has 148 valence electrons. The number of rotatable bonds is 7. The minimum atomic E-state index is -0.643. The third-order valence-electron chi connectivity index (χ3n) is 5.03. The van der Waals surface area contributed by atoms with Crippen molar-refractivity contribution < 1.29 is 14.3 Å². The molecular weight excluding hydrogens is 352 g/mol. The van der Waals surface area contributed by atoms with Gasteiger partial charge in [-0.1, -0.05) is 32.0 Å². The Morgan fingerprint density at radius 1 is 1.07 bits per heavy atom. The molecule has 2 amide bonds. The van der Waals surface area contributed by atoms with Gasteiger partial charge in [-0.3, -0.25) is 9.59 Å². The fraction of sp³-hybridized carbons (Fsp3) is 0.391. The summed E-state index contributed by atoms with van der Waals surface area (Å²) in [5.41, 5.74) is 3.87. The van der Waals surface area contributed by atoms with E-state index in [9.17, 15) is 9.59 Å². The Kier molecular flexibility index (Phi) is 6.34. The zero-order chi connectivity index (χ0) is 20.1. The van der Waals surface area contributed by atoms with Crippen LogP contribution in [0.2, 0.25) is 0 Å². The summed E-state index contributed by atoms with van der Waals surface area (Å²) in [6, 6.07) is 12.5. The third-order valence-corrected chi connectivity index (χ3v) is 5.03. The van der Waals surface area contributed by atoms with Gasteiger partial charge in [-0.05, 0) is 67.5 Å². The molecule has 2 aromatic carbocycles. The SMILES string of the molecule is CCOc1ccccc1C(=O)NC(C(=O)Nc1ccc2c(c1)CCC2)C(C)C. The topological polar surface area (TPSA) is 67.4 Å². The fourth-order valence-electron chi connectivity index (χ4n) is 3.56.